The molecule has 9 heteroatoms. The normalized spacial score (nSPS) is 14.1. The van der Waals surface area contributed by atoms with Crippen molar-refractivity contribution in [3.8, 4) is 5.69 Å². The fraction of sp³-hybridized carbons (Fsp3) is 0.250. The molecule has 1 fully saturated rings. The molecule has 0 bridgehead atoms. The number of aromatic nitrogens is 4. The number of hydrogen-bond donors (Lipinski definition) is 0. The minimum atomic E-state index is -0.306. The first-order valence-corrected chi connectivity index (χ1v) is 11.7. The second-order valence-electron chi connectivity index (χ2n) is 7.94. The number of thioether (sulfide) groups is 1. The highest BCUT2D eigenvalue weighted by molar-refractivity contribution is 8.00. The Morgan fingerprint density at radius 2 is 1.82 bits per heavy atom. The van der Waals surface area contributed by atoms with Gasteiger partial charge in [0, 0.05) is 31.9 Å². The SMILES string of the molecule is Cc1cccc(N2CCN(C(=O)CSc3ncnc4c3cnn4-c3ccc(F)cc3)CC2)c1. The minimum absolute atomic E-state index is 0.0987. The Morgan fingerprint density at radius 1 is 1.03 bits per heavy atom. The molecule has 1 aliphatic heterocycles. The molecule has 0 aliphatic carbocycles. The number of nitrogens with zero attached hydrogens (tertiary/aromatic N) is 6. The summed E-state index contributed by atoms with van der Waals surface area (Å²) in [5.74, 6) is 0.0963. The third-order valence-electron chi connectivity index (χ3n) is 5.73. The number of benzene rings is 2. The van der Waals surface area contributed by atoms with Gasteiger partial charge in [-0.05, 0) is 48.9 Å². The van der Waals surface area contributed by atoms with E-state index in [0.717, 1.165) is 18.5 Å². The van der Waals surface area contributed by atoms with E-state index in [9.17, 15) is 9.18 Å². The largest absolute Gasteiger partial charge is 0.368 e. The van der Waals surface area contributed by atoms with Crippen molar-refractivity contribution >= 4 is 34.4 Å². The van der Waals surface area contributed by atoms with Crippen molar-refractivity contribution in [3.05, 3.63) is 72.4 Å². The first-order valence-electron chi connectivity index (χ1n) is 10.8. The average Bonchev–Trinajstić information content (AvgIpc) is 3.28. The molecule has 0 atom stereocenters. The van der Waals surface area contributed by atoms with E-state index < -0.39 is 0 Å². The summed E-state index contributed by atoms with van der Waals surface area (Å²) in [6.07, 6.45) is 3.16. The van der Waals surface area contributed by atoms with Crippen molar-refractivity contribution in [2.45, 2.75) is 11.9 Å². The molecule has 2 aromatic carbocycles. The van der Waals surface area contributed by atoms with Crippen LogP contribution in [0.2, 0.25) is 0 Å². The van der Waals surface area contributed by atoms with Gasteiger partial charge in [-0.2, -0.15) is 5.10 Å². The van der Waals surface area contributed by atoms with Crippen molar-refractivity contribution in [1.29, 1.82) is 0 Å². The molecular formula is C24H23FN6OS. The minimum Gasteiger partial charge on any atom is -0.368 e. The molecule has 1 saturated heterocycles. The molecule has 4 aromatic rings. The Bertz CT molecular complexity index is 1280. The number of rotatable bonds is 5. The fourth-order valence-corrected chi connectivity index (χ4v) is 4.83. The monoisotopic (exact) mass is 462 g/mol. The summed E-state index contributed by atoms with van der Waals surface area (Å²) in [5.41, 5.74) is 3.78. The standard InChI is InChI=1S/C24H23FN6OS/c1-17-3-2-4-20(13-17)29-9-11-30(12-10-29)22(32)15-33-24-21-14-28-31(23(21)26-16-27-24)19-7-5-18(25)6-8-19/h2-8,13-14,16H,9-12,15H2,1H3. The first-order chi connectivity index (χ1) is 16.1. The molecule has 1 aliphatic rings. The van der Waals surface area contributed by atoms with Gasteiger partial charge in [-0.25, -0.2) is 19.0 Å². The van der Waals surface area contributed by atoms with Crippen molar-refractivity contribution in [3.63, 3.8) is 0 Å². The van der Waals surface area contributed by atoms with Crippen LogP contribution in [0, 0.1) is 12.7 Å². The number of hydrogen-bond acceptors (Lipinski definition) is 6. The molecule has 0 saturated carbocycles. The van der Waals surface area contributed by atoms with Crippen LogP contribution < -0.4 is 4.90 Å². The van der Waals surface area contributed by atoms with Crippen LogP contribution >= 0.6 is 11.8 Å². The highest BCUT2D eigenvalue weighted by Gasteiger charge is 2.22. The van der Waals surface area contributed by atoms with Gasteiger partial charge < -0.3 is 9.80 Å². The van der Waals surface area contributed by atoms with Crippen LogP contribution in [0.1, 0.15) is 5.56 Å². The summed E-state index contributed by atoms with van der Waals surface area (Å²) < 4.78 is 14.9. The van der Waals surface area contributed by atoms with E-state index in [0.29, 0.717) is 35.2 Å². The zero-order chi connectivity index (χ0) is 22.8. The van der Waals surface area contributed by atoms with Crippen LogP contribution in [0.25, 0.3) is 16.7 Å². The van der Waals surface area contributed by atoms with Gasteiger partial charge in [0.1, 0.15) is 17.2 Å². The van der Waals surface area contributed by atoms with Crippen molar-refractivity contribution in [2.24, 2.45) is 0 Å². The van der Waals surface area contributed by atoms with E-state index >= 15 is 0 Å². The third-order valence-corrected chi connectivity index (χ3v) is 6.72. The Hall–Kier alpha value is -3.46. The maximum atomic E-state index is 13.3. The molecular weight excluding hydrogens is 439 g/mol. The Morgan fingerprint density at radius 3 is 2.58 bits per heavy atom. The maximum absolute atomic E-state index is 13.3. The van der Waals surface area contributed by atoms with E-state index in [1.807, 2.05) is 4.90 Å². The van der Waals surface area contributed by atoms with E-state index in [-0.39, 0.29) is 11.7 Å². The van der Waals surface area contributed by atoms with Gasteiger partial charge in [-0.3, -0.25) is 4.79 Å². The molecule has 0 spiro atoms. The third kappa shape index (κ3) is 4.54. The van der Waals surface area contributed by atoms with Crippen LogP contribution in [0.3, 0.4) is 0 Å². The Balaban J connectivity index is 1.23. The fourth-order valence-electron chi connectivity index (χ4n) is 3.97. The topological polar surface area (TPSA) is 67.2 Å². The van der Waals surface area contributed by atoms with Crippen LogP contribution in [-0.4, -0.2) is 62.5 Å². The van der Waals surface area contributed by atoms with Gasteiger partial charge in [0.05, 0.1) is 23.0 Å². The highest BCUT2D eigenvalue weighted by Crippen LogP contribution is 2.26. The van der Waals surface area contributed by atoms with E-state index in [1.165, 1.54) is 41.5 Å². The number of piperazine rings is 1. The van der Waals surface area contributed by atoms with Gasteiger partial charge in [0.2, 0.25) is 5.91 Å². The molecule has 0 unspecified atom stereocenters. The maximum Gasteiger partial charge on any atom is 0.233 e. The number of fused-ring (bicyclic) bond motifs is 1. The summed E-state index contributed by atoms with van der Waals surface area (Å²) in [5, 5.41) is 5.87. The number of carbonyl (C=O) groups is 1. The van der Waals surface area contributed by atoms with Crippen LogP contribution in [0.4, 0.5) is 10.1 Å². The average molecular weight is 463 g/mol. The molecule has 5 rings (SSSR count). The summed E-state index contributed by atoms with van der Waals surface area (Å²) >= 11 is 1.39. The molecule has 33 heavy (non-hydrogen) atoms. The van der Waals surface area contributed by atoms with Gasteiger partial charge in [-0.1, -0.05) is 23.9 Å². The number of amides is 1. The predicted molar refractivity (Wildman–Crippen MR) is 127 cm³/mol. The zero-order valence-corrected chi connectivity index (χ0v) is 19.0. The molecule has 1 amide bonds. The Labute approximate surface area is 195 Å². The molecule has 168 valence electrons. The lowest BCUT2D eigenvalue weighted by atomic mass is 10.2. The molecule has 3 heterocycles. The summed E-state index contributed by atoms with van der Waals surface area (Å²) in [4.78, 5) is 25.8. The van der Waals surface area contributed by atoms with Gasteiger partial charge in [-0.15, -0.1) is 0 Å². The van der Waals surface area contributed by atoms with Gasteiger partial charge in [0.15, 0.2) is 5.65 Å². The van der Waals surface area contributed by atoms with E-state index in [4.69, 9.17) is 0 Å². The lowest BCUT2D eigenvalue weighted by Crippen LogP contribution is -2.49. The predicted octanol–water partition coefficient (Wildman–Crippen LogP) is 3.70. The second kappa shape index (κ2) is 9.19. The van der Waals surface area contributed by atoms with Crippen molar-refractivity contribution in [2.75, 3.05) is 36.8 Å². The van der Waals surface area contributed by atoms with Gasteiger partial charge >= 0.3 is 0 Å². The van der Waals surface area contributed by atoms with Crippen LogP contribution in [-0.2, 0) is 4.79 Å². The summed E-state index contributed by atoms with van der Waals surface area (Å²) in [6, 6.07) is 14.5. The van der Waals surface area contributed by atoms with Crippen LogP contribution in [0.15, 0.2) is 66.1 Å². The Kier molecular flexibility index (Phi) is 5.95. The summed E-state index contributed by atoms with van der Waals surface area (Å²) in [6.45, 7) is 5.14. The van der Waals surface area contributed by atoms with E-state index in [1.54, 1.807) is 23.0 Å². The van der Waals surface area contributed by atoms with Crippen molar-refractivity contribution in [1.82, 2.24) is 24.6 Å². The molecule has 0 radical (unpaired) electrons. The molecule has 7 nitrogen and oxygen atoms in total. The number of carbonyl (C=O) groups excluding carboxylic acids is 1. The van der Waals surface area contributed by atoms with Gasteiger partial charge in [0.25, 0.3) is 0 Å². The molecule has 2 aromatic heterocycles. The number of halogens is 1. The molecule has 0 N–H and O–H groups in total. The first kappa shape index (κ1) is 21.4. The van der Waals surface area contributed by atoms with Crippen LogP contribution in [0.5, 0.6) is 0 Å². The highest BCUT2D eigenvalue weighted by atomic mass is 32.2. The number of aryl methyl sites for hydroxylation is 1. The second-order valence-corrected chi connectivity index (χ2v) is 8.91. The zero-order valence-electron chi connectivity index (χ0n) is 18.2. The lowest BCUT2D eigenvalue weighted by Gasteiger charge is -2.36. The quantitative estimate of drug-likeness (QED) is 0.333. The van der Waals surface area contributed by atoms with Crippen molar-refractivity contribution < 1.29 is 9.18 Å². The lowest BCUT2D eigenvalue weighted by molar-refractivity contribution is -0.128. The summed E-state index contributed by atoms with van der Waals surface area (Å²) in [7, 11) is 0. The number of anilines is 1. The smallest absolute Gasteiger partial charge is 0.233 e. The van der Waals surface area contributed by atoms with E-state index in [2.05, 4.69) is 51.2 Å².